The van der Waals surface area contributed by atoms with E-state index in [1.54, 1.807) is 12.1 Å². The van der Waals surface area contributed by atoms with Gasteiger partial charge in [-0.25, -0.2) is 8.42 Å². The quantitative estimate of drug-likeness (QED) is 0.364. The summed E-state index contributed by atoms with van der Waals surface area (Å²) in [5, 5.41) is 11.5. The molecule has 7 heteroatoms. The minimum atomic E-state index is -2.88. The van der Waals surface area contributed by atoms with Crippen LogP contribution in [0.4, 0.5) is 0 Å². The van der Waals surface area contributed by atoms with Crippen LogP contribution in [0.15, 0.2) is 29.4 Å². The van der Waals surface area contributed by atoms with Crippen LogP contribution in [0.2, 0.25) is 0 Å². The molecule has 2 rings (SSSR count). The molecule has 1 heterocycles. The molecule has 1 aromatic carbocycles. The van der Waals surface area contributed by atoms with E-state index in [-0.39, 0.29) is 23.4 Å². The zero-order valence-electron chi connectivity index (χ0n) is 11.4. The Kier molecular flexibility index (Phi) is 4.29. The molecule has 0 saturated carbocycles. The monoisotopic (exact) mass is 297 g/mol. The van der Waals surface area contributed by atoms with Crippen molar-refractivity contribution in [3.63, 3.8) is 0 Å². The number of sulfone groups is 1. The van der Waals surface area contributed by atoms with E-state index < -0.39 is 9.84 Å². The Morgan fingerprint density at radius 1 is 1.45 bits per heavy atom. The average molecular weight is 297 g/mol. The largest absolute Gasteiger partial charge is 0.409 e. The molecule has 0 aromatic heterocycles. The van der Waals surface area contributed by atoms with Gasteiger partial charge in [-0.05, 0) is 12.5 Å². The maximum Gasteiger partial charge on any atom is 0.170 e. The van der Waals surface area contributed by atoms with Gasteiger partial charge >= 0.3 is 0 Å². The van der Waals surface area contributed by atoms with Gasteiger partial charge < -0.3 is 10.9 Å². The lowest BCUT2D eigenvalue weighted by atomic mass is 10.1. The molecule has 1 unspecified atom stereocenters. The second kappa shape index (κ2) is 5.80. The number of nitrogens with two attached hydrogens (primary N) is 1. The molecule has 1 atom stereocenters. The van der Waals surface area contributed by atoms with E-state index in [9.17, 15) is 8.42 Å². The number of amidine groups is 1. The Morgan fingerprint density at radius 2 is 2.10 bits per heavy atom. The summed E-state index contributed by atoms with van der Waals surface area (Å²) in [5.74, 6) is 0.517. The average Bonchev–Trinajstić information content (AvgIpc) is 2.41. The highest BCUT2D eigenvalue weighted by Crippen LogP contribution is 2.15. The van der Waals surface area contributed by atoms with Gasteiger partial charge in [0.2, 0.25) is 0 Å². The topological polar surface area (TPSA) is 96.0 Å². The summed E-state index contributed by atoms with van der Waals surface area (Å²) in [4.78, 5) is 2.15. The van der Waals surface area contributed by atoms with Gasteiger partial charge in [0.1, 0.15) is 0 Å². The smallest absolute Gasteiger partial charge is 0.170 e. The summed E-state index contributed by atoms with van der Waals surface area (Å²) < 4.78 is 23.1. The number of benzene rings is 1. The molecule has 1 aromatic rings. The van der Waals surface area contributed by atoms with Gasteiger partial charge in [0.05, 0.1) is 11.5 Å². The molecule has 0 bridgehead atoms. The highest BCUT2D eigenvalue weighted by molar-refractivity contribution is 7.91. The zero-order chi connectivity index (χ0) is 14.8. The van der Waals surface area contributed by atoms with E-state index in [1.165, 1.54) is 0 Å². The molecule has 1 aliphatic heterocycles. The first-order chi connectivity index (χ1) is 9.41. The van der Waals surface area contributed by atoms with Crippen molar-refractivity contribution in [1.82, 2.24) is 4.90 Å². The Morgan fingerprint density at radius 3 is 2.65 bits per heavy atom. The van der Waals surface area contributed by atoms with Crippen LogP contribution in [0.5, 0.6) is 0 Å². The molecule has 0 radical (unpaired) electrons. The summed E-state index contributed by atoms with van der Waals surface area (Å²) in [5.41, 5.74) is 7.24. The van der Waals surface area contributed by atoms with Crippen molar-refractivity contribution in [3.8, 4) is 0 Å². The Balaban J connectivity index is 2.04. The maximum atomic E-state index is 11.5. The normalized spacial score (nSPS) is 23.6. The van der Waals surface area contributed by atoms with Crippen molar-refractivity contribution in [2.45, 2.75) is 19.5 Å². The maximum absolute atomic E-state index is 11.5. The van der Waals surface area contributed by atoms with Crippen LogP contribution in [0.1, 0.15) is 18.1 Å². The standard InChI is InChI=1S/C13H19N3O3S/c1-10-9-20(18,19)7-6-16(10)8-11-2-4-12(5-3-11)13(14)15-17/h2-5,10,17H,6-9H2,1H3,(H2,14,15). The van der Waals surface area contributed by atoms with E-state index in [2.05, 4.69) is 10.1 Å². The molecule has 6 nitrogen and oxygen atoms in total. The molecule has 110 valence electrons. The van der Waals surface area contributed by atoms with Gasteiger partial charge in [-0.1, -0.05) is 29.4 Å². The lowest BCUT2D eigenvalue weighted by Gasteiger charge is -2.33. The highest BCUT2D eigenvalue weighted by Gasteiger charge is 2.27. The predicted molar refractivity (Wildman–Crippen MR) is 77.5 cm³/mol. The van der Waals surface area contributed by atoms with Crippen molar-refractivity contribution >= 4 is 15.7 Å². The second-order valence-electron chi connectivity index (χ2n) is 5.12. The van der Waals surface area contributed by atoms with Gasteiger partial charge in [0.25, 0.3) is 0 Å². The second-order valence-corrected chi connectivity index (χ2v) is 7.34. The van der Waals surface area contributed by atoms with E-state index in [0.717, 1.165) is 5.56 Å². The first kappa shape index (κ1) is 14.8. The number of oxime groups is 1. The summed E-state index contributed by atoms with van der Waals surface area (Å²) in [7, 11) is -2.88. The fourth-order valence-corrected chi connectivity index (χ4v) is 3.97. The molecule has 0 amide bonds. The van der Waals surface area contributed by atoms with Crippen molar-refractivity contribution in [1.29, 1.82) is 0 Å². The van der Waals surface area contributed by atoms with E-state index in [0.29, 0.717) is 18.7 Å². The number of rotatable bonds is 3. The summed E-state index contributed by atoms with van der Waals surface area (Å²) in [6.45, 7) is 3.19. The Labute approximate surface area is 118 Å². The van der Waals surface area contributed by atoms with Crippen LogP contribution in [-0.2, 0) is 16.4 Å². The van der Waals surface area contributed by atoms with Gasteiger partial charge in [-0.3, -0.25) is 4.90 Å². The summed E-state index contributed by atoms with van der Waals surface area (Å²) in [6.07, 6.45) is 0. The lowest BCUT2D eigenvalue weighted by Crippen LogP contribution is -2.46. The van der Waals surface area contributed by atoms with Gasteiger partial charge in [0, 0.05) is 24.7 Å². The first-order valence-corrected chi connectivity index (χ1v) is 8.25. The van der Waals surface area contributed by atoms with Crippen molar-refractivity contribution in [3.05, 3.63) is 35.4 Å². The molecule has 20 heavy (non-hydrogen) atoms. The van der Waals surface area contributed by atoms with Crippen molar-refractivity contribution in [2.75, 3.05) is 18.1 Å². The molecule has 0 spiro atoms. The van der Waals surface area contributed by atoms with E-state index >= 15 is 0 Å². The Bertz CT molecular complexity index is 596. The predicted octanol–water partition coefficient (Wildman–Crippen LogP) is 0.400. The number of nitrogens with zero attached hydrogens (tertiary/aromatic N) is 2. The molecular formula is C13H19N3O3S. The first-order valence-electron chi connectivity index (χ1n) is 6.42. The van der Waals surface area contributed by atoms with Gasteiger partial charge in [0.15, 0.2) is 15.7 Å². The molecule has 1 aliphatic rings. The minimum absolute atomic E-state index is 0.0255. The van der Waals surface area contributed by atoms with Crippen LogP contribution in [-0.4, -0.2) is 48.5 Å². The number of hydrogen-bond acceptors (Lipinski definition) is 5. The van der Waals surface area contributed by atoms with Crippen LogP contribution in [0, 0.1) is 0 Å². The third-order valence-corrected chi connectivity index (χ3v) is 5.35. The van der Waals surface area contributed by atoms with Crippen molar-refractivity contribution < 1.29 is 13.6 Å². The van der Waals surface area contributed by atoms with Crippen LogP contribution in [0.25, 0.3) is 0 Å². The van der Waals surface area contributed by atoms with Gasteiger partial charge in [-0.2, -0.15) is 0 Å². The fourth-order valence-electron chi connectivity index (χ4n) is 2.34. The SMILES string of the molecule is CC1CS(=O)(=O)CCN1Cc1ccc(/C(N)=N/O)cc1. The third-order valence-electron chi connectivity index (χ3n) is 3.55. The summed E-state index contributed by atoms with van der Waals surface area (Å²) >= 11 is 0. The van der Waals surface area contributed by atoms with Crippen LogP contribution >= 0.6 is 0 Å². The lowest BCUT2D eigenvalue weighted by molar-refractivity contribution is 0.218. The molecule has 0 aliphatic carbocycles. The van der Waals surface area contributed by atoms with Crippen LogP contribution < -0.4 is 5.73 Å². The molecule has 3 N–H and O–H groups in total. The Hall–Kier alpha value is -1.60. The summed E-state index contributed by atoms with van der Waals surface area (Å²) in [6, 6.07) is 7.41. The number of hydrogen-bond donors (Lipinski definition) is 2. The molecule has 1 saturated heterocycles. The van der Waals surface area contributed by atoms with E-state index in [4.69, 9.17) is 10.9 Å². The van der Waals surface area contributed by atoms with Crippen LogP contribution in [0.3, 0.4) is 0 Å². The minimum Gasteiger partial charge on any atom is -0.409 e. The van der Waals surface area contributed by atoms with Crippen molar-refractivity contribution in [2.24, 2.45) is 10.9 Å². The third kappa shape index (κ3) is 3.49. The zero-order valence-corrected chi connectivity index (χ0v) is 12.2. The fraction of sp³-hybridized carbons (Fsp3) is 0.462. The van der Waals surface area contributed by atoms with E-state index in [1.807, 2.05) is 19.1 Å². The molecule has 1 fully saturated rings. The van der Waals surface area contributed by atoms with Gasteiger partial charge in [-0.15, -0.1) is 0 Å². The highest BCUT2D eigenvalue weighted by atomic mass is 32.2. The molecular weight excluding hydrogens is 278 g/mol.